The summed E-state index contributed by atoms with van der Waals surface area (Å²) in [6, 6.07) is 0.159. The van der Waals surface area contributed by atoms with E-state index in [1.54, 1.807) is 7.05 Å². The van der Waals surface area contributed by atoms with Crippen LogP contribution in [0.5, 0.6) is 6.01 Å². The number of nitrogens with one attached hydrogen (secondary N) is 2. The maximum Gasteiger partial charge on any atom is 0.323 e. The Bertz CT molecular complexity index is 372. The summed E-state index contributed by atoms with van der Waals surface area (Å²) in [5, 5.41) is 15.2. The van der Waals surface area contributed by atoms with Crippen molar-refractivity contribution in [1.29, 1.82) is 0 Å². The quantitative estimate of drug-likeness (QED) is 0.661. The minimum Gasteiger partial charge on any atom is -0.464 e. The SMILES string of the molecule is CCOc1nc(NC)nc(NC(CO)C(C)C)n1. The van der Waals surface area contributed by atoms with Crippen molar-refractivity contribution in [3.8, 4) is 6.01 Å². The molecule has 0 aliphatic carbocycles. The Morgan fingerprint density at radius 3 is 2.39 bits per heavy atom. The van der Waals surface area contributed by atoms with Crippen LogP contribution in [0, 0.1) is 5.92 Å². The van der Waals surface area contributed by atoms with Gasteiger partial charge >= 0.3 is 6.01 Å². The molecular formula is C11H21N5O2. The average molecular weight is 255 g/mol. The lowest BCUT2D eigenvalue weighted by Gasteiger charge is -2.20. The Kier molecular flexibility index (Phi) is 5.57. The summed E-state index contributed by atoms with van der Waals surface area (Å²) in [6.45, 7) is 6.39. The summed E-state index contributed by atoms with van der Waals surface area (Å²) in [5.74, 6) is 1.09. The van der Waals surface area contributed by atoms with E-state index >= 15 is 0 Å². The van der Waals surface area contributed by atoms with Crippen molar-refractivity contribution in [1.82, 2.24) is 15.0 Å². The van der Waals surface area contributed by atoms with Gasteiger partial charge in [-0.2, -0.15) is 15.0 Å². The molecule has 0 aromatic carbocycles. The number of nitrogens with zero attached hydrogens (tertiary/aromatic N) is 3. The number of rotatable bonds is 7. The predicted octanol–water partition coefficient (Wildman–Crippen LogP) is 0.741. The van der Waals surface area contributed by atoms with Crippen LogP contribution < -0.4 is 15.4 Å². The largest absolute Gasteiger partial charge is 0.464 e. The highest BCUT2D eigenvalue weighted by atomic mass is 16.5. The van der Waals surface area contributed by atoms with Gasteiger partial charge in [-0.15, -0.1) is 0 Å². The minimum atomic E-state index is -0.105. The van der Waals surface area contributed by atoms with Crippen LogP contribution in [0.25, 0.3) is 0 Å². The molecule has 0 spiro atoms. The number of aromatic nitrogens is 3. The zero-order valence-corrected chi connectivity index (χ0v) is 11.3. The van der Waals surface area contributed by atoms with Crippen LogP contribution in [0.1, 0.15) is 20.8 Å². The average Bonchev–Trinajstić information content (AvgIpc) is 2.35. The van der Waals surface area contributed by atoms with Gasteiger partial charge in [0.2, 0.25) is 11.9 Å². The lowest BCUT2D eigenvalue weighted by atomic mass is 10.1. The van der Waals surface area contributed by atoms with E-state index in [1.807, 2.05) is 20.8 Å². The summed E-state index contributed by atoms with van der Waals surface area (Å²) >= 11 is 0. The highest BCUT2D eigenvalue weighted by Crippen LogP contribution is 2.13. The van der Waals surface area contributed by atoms with Crippen LogP contribution in [0.2, 0.25) is 0 Å². The number of ether oxygens (including phenoxy) is 1. The summed E-state index contributed by atoms with van der Waals surface area (Å²) in [5.41, 5.74) is 0. The van der Waals surface area contributed by atoms with Crippen molar-refractivity contribution in [2.24, 2.45) is 5.92 Å². The zero-order valence-electron chi connectivity index (χ0n) is 11.3. The van der Waals surface area contributed by atoms with E-state index in [2.05, 4.69) is 25.6 Å². The predicted molar refractivity (Wildman–Crippen MR) is 69.9 cm³/mol. The molecule has 1 unspecified atom stereocenters. The van der Waals surface area contributed by atoms with Crippen LogP contribution in [0.3, 0.4) is 0 Å². The molecule has 102 valence electrons. The molecule has 0 saturated heterocycles. The smallest absolute Gasteiger partial charge is 0.323 e. The molecule has 0 amide bonds. The Labute approximate surface area is 107 Å². The zero-order chi connectivity index (χ0) is 13.5. The van der Waals surface area contributed by atoms with Crippen molar-refractivity contribution in [2.75, 3.05) is 30.9 Å². The van der Waals surface area contributed by atoms with E-state index in [9.17, 15) is 5.11 Å². The van der Waals surface area contributed by atoms with Crippen LogP contribution in [-0.4, -0.2) is 46.4 Å². The van der Waals surface area contributed by atoms with Gasteiger partial charge in [-0.1, -0.05) is 13.8 Å². The van der Waals surface area contributed by atoms with E-state index in [0.717, 1.165) is 0 Å². The number of anilines is 2. The third kappa shape index (κ3) is 3.99. The lowest BCUT2D eigenvalue weighted by Crippen LogP contribution is -2.30. The molecular weight excluding hydrogens is 234 g/mol. The molecule has 0 saturated carbocycles. The van der Waals surface area contributed by atoms with E-state index in [1.165, 1.54) is 0 Å². The van der Waals surface area contributed by atoms with E-state index in [-0.39, 0.29) is 24.6 Å². The number of aliphatic hydroxyl groups is 1. The molecule has 0 aliphatic heterocycles. The lowest BCUT2D eigenvalue weighted by molar-refractivity contribution is 0.248. The molecule has 1 heterocycles. The molecule has 1 atom stereocenters. The van der Waals surface area contributed by atoms with Crippen molar-refractivity contribution in [2.45, 2.75) is 26.8 Å². The van der Waals surface area contributed by atoms with Gasteiger partial charge in [0.05, 0.1) is 19.3 Å². The second-order valence-electron chi connectivity index (χ2n) is 4.13. The first kappa shape index (κ1) is 14.4. The Balaban J connectivity index is 2.89. The fraction of sp³-hybridized carbons (Fsp3) is 0.727. The molecule has 3 N–H and O–H groups in total. The molecule has 0 aliphatic rings. The first-order valence-electron chi connectivity index (χ1n) is 6.04. The topological polar surface area (TPSA) is 92.2 Å². The molecule has 1 aromatic rings. The standard InChI is InChI=1S/C11H21N5O2/c1-5-18-11-15-9(12-4)14-10(16-11)13-8(6-17)7(2)3/h7-8,17H,5-6H2,1-4H3,(H2,12,13,14,15,16). The van der Waals surface area contributed by atoms with Gasteiger partial charge in [0.15, 0.2) is 0 Å². The maximum absolute atomic E-state index is 9.28. The summed E-state index contributed by atoms with van der Waals surface area (Å²) < 4.78 is 5.26. The third-order valence-electron chi connectivity index (χ3n) is 2.43. The molecule has 0 bridgehead atoms. The molecule has 0 radical (unpaired) electrons. The van der Waals surface area contributed by atoms with Crippen LogP contribution in [-0.2, 0) is 0 Å². The second-order valence-corrected chi connectivity index (χ2v) is 4.13. The van der Waals surface area contributed by atoms with Gasteiger partial charge in [-0.05, 0) is 12.8 Å². The van der Waals surface area contributed by atoms with Crippen molar-refractivity contribution >= 4 is 11.9 Å². The van der Waals surface area contributed by atoms with Crippen molar-refractivity contribution in [3.05, 3.63) is 0 Å². The highest BCUT2D eigenvalue weighted by Gasteiger charge is 2.15. The van der Waals surface area contributed by atoms with E-state index < -0.39 is 0 Å². The Morgan fingerprint density at radius 2 is 1.89 bits per heavy atom. The van der Waals surface area contributed by atoms with Gasteiger partial charge < -0.3 is 20.5 Å². The van der Waals surface area contributed by atoms with Gasteiger partial charge in [0, 0.05) is 7.05 Å². The summed E-state index contributed by atoms with van der Waals surface area (Å²) in [6.07, 6.45) is 0. The Hall–Kier alpha value is -1.63. The maximum atomic E-state index is 9.28. The molecule has 7 nitrogen and oxygen atoms in total. The first-order chi connectivity index (χ1) is 8.60. The second kappa shape index (κ2) is 6.95. The van der Waals surface area contributed by atoms with Crippen LogP contribution >= 0.6 is 0 Å². The number of aliphatic hydroxyl groups excluding tert-OH is 1. The van der Waals surface area contributed by atoms with Gasteiger partial charge in [0.25, 0.3) is 0 Å². The van der Waals surface area contributed by atoms with Crippen molar-refractivity contribution < 1.29 is 9.84 Å². The van der Waals surface area contributed by atoms with E-state index in [4.69, 9.17) is 4.74 Å². The normalized spacial score (nSPS) is 12.3. The molecule has 7 heteroatoms. The fourth-order valence-electron chi connectivity index (χ4n) is 1.32. The van der Waals surface area contributed by atoms with Crippen LogP contribution in [0.15, 0.2) is 0 Å². The monoisotopic (exact) mass is 255 g/mol. The Morgan fingerprint density at radius 1 is 1.22 bits per heavy atom. The third-order valence-corrected chi connectivity index (χ3v) is 2.43. The molecule has 18 heavy (non-hydrogen) atoms. The fourth-order valence-corrected chi connectivity index (χ4v) is 1.32. The highest BCUT2D eigenvalue weighted by molar-refractivity contribution is 5.36. The minimum absolute atomic E-state index is 0.0161. The first-order valence-corrected chi connectivity index (χ1v) is 6.04. The molecule has 0 fully saturated rings. The van der Waals surface area contributed by atoms with Crippen molar-refractivity contribution in [3.63, 3.8) is 0 Å². The number of hydrogen-bond acceptors (Lipinski definition) is 7. The van der Waals surface area contributed by atoms with Gasteiger partial charge in [0.1, 0.15) is 0 Å². The molecule has 1 aromatic heterocycles. The van der Waals surface area contributed by atoms with Gasteiger partial charge in [-0.3, -0.25) is 0 Å². The van der Waals surface area contributed by atoms with E-state index in [0.29, 0.717) is 18.5 Å². The molecule has 1 rings (SSSR count). The number of hydrogen-bond donors (Lipinski definition) is 3. The van der Waals surface area contributed by atoms with Crippen LogP contribution in [0.4, 0.5) is 11.9 Å². The summed E-state index contributed by atoms with van der Waals surface area (Å²) in [7, 11) is 1.72. The van der Waals surface area contributed by atoms with Gasteiger partial charge in [-0.25, -0.2) is 0 Å². The summed E-state index contributed by atoms with van der Waals surface area (Å²) in [4.78, 5) is 12.4.